The molecular weight excluding hydrogens is 180 g/mol. The highest BCUT2D eigenvalue weighted by atomic mass is 16.4. The maximum atomic E-state index is 10.3. The smallest absolute Gasteiger partial charge is 0.303 e. The Morgan fingerprint density at radius 2 is 1.93 bits per heavy atom. The van der Waals surface area contributed by atoms with E-state index in [2.05, 4.69) is 0 Å². The van der Waals surface area contributed by atoms with Crippen LogP contribution in [-0.2, 0) is 4.79 Å². The first-order valence-corrected chi connectivity index (χ1v) is 5.58. The first-order chi connectivity index (χ1) is 6.68. The van der Waals surface area contributed by atoms with E-state index in [0.29, 0.717) is 12.3 Å². The maximum absolute atomic E-state index is 10.3. The number of rotatable bonds is 5. The number of carbonyl (C=O) groups is 1. The van der Waals surface area contributed by atoms with Crippen LogP contribution < -0.4 is 0 Å². The van der Waals surface area contributed by atoms with E-state index < -0.39 is 12.1 Å². The first-order valence-electron chi connectivity index (χ1n) is 5.58. The van der Waals surface area contributed by atoms with Gasteiger partial charge in [0.2, 0.25) is 0 Å². The minimum Gasteiger partial charge on any atom is -0.481 e. The molecule has 0 bridgehead atoms. The molecule has 14 heavy (non-hydrogen) atoms. The Kier molecular flexibility index (Phi) is 4.94. The molecule has 1 atom stereocenters. The van der Waals surface area contributed by atoms with E-state index in [1.807, 2.05) is 0 Å². The summed E-state index contributed by atoms with van der Waals surface area (Å²) in [5.74, 6) is -0.180. The van der Waals surface area contributed by atoms with Gasteiger partial charge in [-0.3, -0.25) is 4.79 Å². The van der Waals surface area contributed by atoms with Gasteiger partial charge in [0, 0.05) is 6.42 Å². The Balaban J connectivity index is 2.11. The second kappa shape index (κ2) is 6.02. The van der Waals surface area contributed by atoms with Crippen LogP contribution in [0.25, 0.3) is 0 Å². The molecule has 1 saturated carbocycles. The summed E-state index contributed by atoms with van der Waals surface area (Å²) in [5, 5.41) is 18.0. The van der Waals surface area contributed by atoms with Crippen molar-refractivity contribution in [2.45, 2.75) is 57.5 Å². The van der Waals surface area contributed by atoms with Crippen LogP contribution in [0.15, 0.2) is 0 Å². The lowest BCUT2D eigenvalue weighted by molar-refractivity contribution is -0.137. The highest BCUT2D eigenvalue weighted by Gasteiger charge is 2.17. The number of hydrogen-bond acceptors (Lipinski definition) is 2. The molecule has 2 N–H and O–H groups in total. The fraction of sp³-hybridized carbons (Fsp3) is 0.909. The molecule has 0 aromatic rings. The molecule has 1 aliphatic carbocycles. The van der Waals surface area contributed by atoms with Gasteiger partial charge in [0.1, 0.15) is 0 Å². The molecule has 0 aromatic carbocycles. The summed E-state index contributed by atoms with van der Waals surface area (Å²) < 4.78 is 0. The number of aliphatic hydroxyl groups excluding tert-OH is 1. The number of aliphatic hydroxyl groups is 1. The predicted octanol–water partition coefficient (Wildman–Crippen LogP) is 2.18. The Bertz CT molecular complexity index is 173. The number of carboxylic acid groups (broad SMARTS) is 1. The molecule has 1 aliphatic rings. The predicted molar refractivity (Wildman–Crippen MR) is 54.1 cm³/mol. The van der Waals surface area contributed by atoms with Crippen molar-refractivity contribution in [1.82, 2.24) is 0 Å². The fourth-order valence-electron chi connectivity index (χ4n) is 2.22. The maximum Gasteiger partial charge on any atom is 0.303 e. The molecule has 0 saturated heterocycles. The van der Waals surface area contributed by atoms with Gasteiger partial charge in [-0.15, -0.1) is 0 Å². The summed E-state index contributed by atoms with van der Waals surface area (Å²) in [7, 11) is 0. The van der Waals surface area contributed by atoms with Crippen molar-refractivity contribution >= 4 is 5.97 Å². The molecule has 1 fully saturated rings. The molecule has 0 amide bonds. The zero-order chi connectivity index (χ0) is 10.4. The first kappa shape index (κ1) is 11.5. The normalized spacial score (nSPS) is 20.6. The van der Waals surface area contributed by atoms with E-state index in [-0.39, 0.29) is 6.42 Å². The topological polar surface area (TPSA) is 57.5 Å². The van der Waals surface area contributed by atoms with Crippen molar-refractivity contribution < 1.29 is 15.0 Å². The van der Waals surface area contributed by atoms with Crippen LogP contribution in [-0.4, -0.2) is 22.3 Å². The molecule has 0 radical (unpaired) electrons. The van der Waals surface area contributed by atoms with Gasteiger partial charge in [0.05, 0.1) is 6.10 Å². The summed E-state index contributed by atoms with van der Waals surface area (Å²) >= 11 is 0. The zero-order valence-electron chi connectivity index (χ0n) is 8.61. The standard InChI is InChI=1S/C11H20O3/c12-10(6-7-11(13)14)8-9-4-2-1-3-5-9/h9-10,12H,1-8H2,(H,13,14). The molecule has 0 aromatic heterocycles. The largest absolute Gasteiger partial charge is 0.481 e. The van der Waals surface area contributed by atoms with Crippen LogP contribution in [0.4, 0.5) is 0 Å². The van der Waals surface area contributed by atoms with Gasteiger partial charge in [-0.2, -0.15) is 0 Å². The van der Waals surface area contributed by atoms with Crippen molar-refractivity contribution in [3.05, 3.63) is 0 Å². The summed E-state index contributed by atoms with van der Waals surface area (Å²) in [6.07, 6.45) is 7.18. The fourth-order valence-corrected chi connectivity index (χ4v) is 2.22. The van der Waals surface area contributed by atoms with Gasteiger partial charge in [0.25, 0.3) is 0 Å². The Labute approximate surface area is 85.1 Å². The molecule has 0 aliphatic heterocycles. The van der Waals surface area contributed by atoms with Gasteiger partial charge in [-0.1, -0.05) is 32.1 Å². The quantitative estimate of drug-likeness (QED) is 0.715. The SMILES string of the molecule is O=C(O)CCC(O)CC1CCCCC1. The molecule has 0 heterocycles. The third-order valence-corrected chi connectivity index (χ3v) is 3.02. The van der Waals surface area contributed by atoms with Crippen LogP contribution in [0.3, 0.4) is 0 Å². The lowest BCUT2D eigenvalue weighted by atomic mass is 9.85. The van der Waals surface area contributed by atoms with Gasteiger partial charge in [-0.25, -0.2) is 0 Å². The van der Waals surface area contributed by atoms with E-state index in [1.54, 1.807) is 0 Å². The Morgan fingerprint density at radius 1 is 1.29 bits per heavy atom. The minimum absolute atomic E-state index is 0.0912. The Hall–Kier alpha value is -0.570. The number of aliphatic carboxylic acids is 1. The molecule has 3 nitrogen and oxygen atoms in total. The lowest BCUT2D eigenvalue weighted by Crippen LogP contribution is -2.17. The molecule has 1 rings (SSSR count). The van der Waals surface area contributed by atoms with Gasteiger partial charge in [-0.05, 0) is 18.8 Å². The Morgan fingerprint density at radius 3 is 2.50 bits per heavy atom. The lowest BCUT2D eigenvalue weighted by Gasteiger charge is -2.23. The molecule has 82 valence electrons. The van der Waals surface area contributed by atoms with E-state index in [9.17, 15) is 9.90 Å². The van der Waals surface area contributed by atoms with E-state index in [1.165, 1.54) is 32.1 Å². The van der Waals surface area contributed by atoms with Crippen LogP contribution in [0.2, 0.25) is 0 Å². The van der Waals surface area contributed by atoms with Gasteiger partial charge >= 0.3 is 5.97 Å². The molecule has 3 heteroatoms. The van der Waals surface area contributed by atoms with Crippen LogP contribution >= 0.6 is 0 Å². The third-order valence-electron chi connectivity index (χ3n) is 3.02. The summed E-state index contributed by atoms with van der Waals surface area (Å²) in [6, 6.07) is 0. The summed E-state index contributed by atoms with van der Waals surface area (Å²) in [6.45, 7) is 0. The minimum atomic E-state index is -0.812. The average molecular weight is 200 g/mol. The molecular formula is C11H20O3. The van der Waals surface area contributed by atoms with E-state index in [0.717, 1.165) is 6.42 Å². The highest BCUT2D eigenvalue weighted by molar-refractivity contribution is 5.66. The second-order valence-corrected chi connectivity index (χ2v) is 4.33. The van der Waals surface area contributed by atoms with Crippen molar-refractivity contribution in [1.29, 1.82) is 0 Å². The summed E-state index contributed by atoms with van der Waals surface area (Å²) in [4.78, 5) is 10.3. The summed E-state index contributed by atoms with van der Waals surface area (Å²) in [5.41, 5.74) is 0. The van der Waals surface area contributed by atoms with E-state index >= 15 is 0 Å². The van der Waals surface area contributed by atoms with Crippen molar-refractivity contribution in [3.63, 3.8) is 0 Å². The number of carboxylic acids is 1. The molecule has 1 unspecified atom stereocenters. The van der Waals surface area contributed by atoms with Crippen LogP contribution in [0.5, 0.6) is 0 Å². The van der Waals surface area contributed by atoms with Crippen LogP contribution in [0, 0.1) is 5.92 Å². The van der Waals surface area contributed by atoms with Gasteiger partial charge in [0.15, 0.2) is 0 Å². The van der Waals surface area contributed by atoms with Crippen molar-refractivity contribution in [3.8, 4) is 0 Å². The monoisotopic (exact) mass is 200 g/mol. The second-order valence-electron chi connectivity index (χ2n) is 4.33. The van der Waals surface area contributed by atoms with Crippen molar-refractivity contribution in [2.24, 2.45) is 5.92 Å². The zero-order valence-corrected chi connectivity index (χ0v) is 8.61. The number of hydrogen-bond donors (Lipinski definition) is 2. The average Bonchev–Trinajstić information content (AvgIpc) is 2.16. The van der Waals surface area contributed by atoms with Gasteiger partial charge < -0.3 is 10.2 Å². The van der Waals surface area contributed by atoms with Crippen LogP contribution in [0.1, 0.15) is 51.4 Å². The van der Waals surface area contributed by atoms with E-state index in [4.69, 9.17) is 5.11 Å². The third kappa shape index (κ3) is 4.61. The van der Waals surface area contributed by atoms with Crippen molar-refractivity contribution in [2.75, 3.05) is 0 Å². The highest BCUT2D eigenvalue weighted by Crippen LogP contribution is 2.28. The molecule has 0 spiro atoms.